The molecule has 0 saturated carbocycles. The summed E-state index contributed by atoms with van der Waals surface area (Å²) in [5, 5.41) is 19.9. The molecule has 0 aliphatic carbocycles. The number of rotatable bonds is 8. The zero-order valence-corrected chi connectivity index (χ0v) is 20.5. The van der Waals surface area contributed by atoms with Gasteiger partial charge in [0.2, 0.25) is 0 Å². The Hall–Kier alpha value is -0.196. The Bertz CT molecular complexity index is 303. The molecule has 5 nitrogen and oxygen atoms in total. The van der Waals surface area contributed by atoms with Gasteiger partial charge >= 0.3 is 21.7 Å². The van der Waals surface area contributed by atoms with Crippen LogP contribution in [0.3, 0.4) is 0 Å². The van der Waals surface area contributed by atoms with Crippen LogP contribution in [0.5, 0.6) is 0 Å². The molecule has 1 aromatic heterocycles. The Morgan fingerprint density at radius 3 is 1.19 bits per heavy atom. The molecule has 0 saturated heterocycles. The van der Waals surface area contributed by atoms with E-state index < -0.39 is 0 Å². The van der Waals surface area contributed by atoms with Gasteiger partial charge in [-0.25, -0.2) is 0 Å². The number of hydrogen-bond donors (Lipinski definition) is 0. The van der Waals surface area contributed by atoms with Crippen molar-refractivity contribution >= 4 is 0 Å². The van der Waals surface area contributed by atoms with Crippen LogP contribution in [0.2, 0.25) is 0 Å². The van der Waals surface area contributed by atoms with E-state index in [1.165, 1.54) is 12.0 Å². The van der Waals surface area contributed by atoms with Crippen LogP contribution in [0.1, 0.15) is 71.8 Å². The molecule has 0 atom stereocenters. The standard InChI is InChI=1S/C8H13N2.3C4H10N.Ti/c1-4-5-8-6(2)9-10-7(8)3;3*1-3-5-4-2;/h4-5H2,1-3H3;3*3-4H2,1-2H3;/q4*-1;+4. The largest absolute Gasteiger partial charge is 4.00 e. The minimum absolute atomic E-state index is 0. The van der Waals surface area contributed by atoms with Crippen molar-refractivity contribution in [2.24, 2.45) is 0 Å². The molecule has 1 aromatic rings. The summed E-state index contributed by atoms with van der Waals surface area (Å²) in [5.41, 5.74) is 3.53. The molecule has 0 amide bonds. The maximum absolute atomic E-state index is 3.98. The summed E-state index contributed by atoms with van der Waals surface area (Å²) in [5.74, 6) is 0. The van der Waals surface area contributed by atoms with Crippen molar-refractivity contribution in [3.8, 4) is 0 Å². The average Bonchev–Trinajstić information content (AvgIpc) is 2.91. The zero-order chi connectivity index (χ0) is 19.9. The summed E-state index contributed by atoms with van der Waals surface area (Å²) in [6, 6.07) is 0. The fourth-order valence-corrected chi connectivity index (χ4v) is 1.82. The van der Waals surface area contributed by atoms with Crippen LogP contribution in [0.25, 0.3) is 16.0 Å². The SMILES string of the molecule is CCCc1c(C)n[n-]c1C.CC[N-]CC.CC[N-]CC.CC[N-]CC.[Ti+4]. The second-order valence-corrected chi connectivity index (χ2v) is 5.17. The van der Waals surface area contributed by atoms with Crippen LogP contribution in [-0.4, -0.2) is 44.4 Å². The molecule has 0 aliphatic heterocycles. The predicted octanol–water partition coefficient (Wildman–Crippen LogP) is 5.81. The fraction of sp³-hybridized carbons (Fsp3) is 0.850. The van der Waals surface area contributed by atoms with Gasteiger partial charge in [0.1, 0.15) is 0 Å². The molecule has 0 bridgehead atoms. The Kier molecular flexibility index (Phi) is 38.0. The summed E-state index contributed by atoms with van der Waals surface area (Å²) >= 11 is 0. The van der Waals surface area contributed by atoms with Crippen molar-refractivity contribution in [3.05, 3.63) is 32.9 Å². The first-order valence-corrected chi connectivity index (χ1v) is 9.85. The molecule has 0 unspecified atom stereocenters. The first-order valence-electron chi connectivity index (χ1n) is 9.85. The molecular formula is C20H43N5Ti. The molecular weight excluding hydrogens is 358 g/mol. The first-order chi connectivity index (χ1) is 12.0. The van der Waals surface area contributed by atoms with Gasteiger partial charge in [0.05, 0.1) is 0 Å². The molecule has 6 heteroatoms. The van der Waals surface area contributed by atoms with E-state index in [1.54, 1.807) is 0 Å². The van der Waals surface area contributed by atoms with Gasteiger partial charge in [0, 0.05) is 5.69 Å². The number of aromatic nitrogens is 2. The van der Waals surface area contributed by atoms with Crippen LogP contribution >= 0.6 is 0 Å². The van der Waals surface area contributed by atoms with Crippen molar-refractivity contribution in [3.63, 3.8) is 0 Å². The number of aryl methyl sites for hydroxylation is 2. The molecule has 0 spiro atoms. The Morgan fingerprint density at radius 1 is 0.692 bits per heavy atom. The second-order valence-electron chi connectivity index (χ2n) is 5.17. The van der Waals surface area contributed by atoms with Crippen molar-refractivity contribution in [1.82, 2.24) is 10.2 Å². The van der Waals surface area contributed by atoms with Crippen LogP contribution in [0.15, 0.2) is 0 Å². The fourth-order valence-electron chi connectivity index (χ4n) is 1.82. The smallest absolute Gasteiger partial charge is 0.663 e. The Morgan fingerprint density at radius 2 is 1.04 bits per heavy atom. The van der Waals surface area contributed by atoms with E-state index in [4.69, 9.17) is 0 Å². The van der Waals surface area contributed by atoms with E-state index >= 15 is 0 Å². The zero-order valence-electron chi connectivity index (χ0n) is 18.9. The van der Waals surface area contributed by atoms with Gasteiger partial charge in [-0.15, -0.1) is 5.69 Å². The maximum Gasteiger partial charge on any atom is 4.00 e. The third-order valence-corrected chi connectivity index (χ3v) is 3.07. The molecule has 0 aromatic carbocycles. The third-order valence-electron chi connectivity index (χ3n) is 3.07. The maximum atomic E-state index is 3.98. The summed E-state index contributed by atoms with van der Waals surface area (Å²) in [4.78, 5) is 0. The van der Waals surface area contributed by atoms with Crippen LogP contribution < -0.4 is 5.10 Å². The van der Waals surface area contributed by atoms with Crippen molar-refractivity contribution < 1.29 is 21.7 Å². The van der Waals surface area contributed by atoms with Gasteiger partial charge in [0.15, 0.2) is 0 Å². The predicted molar refractivity (Wildman–Crippen MR) is 114 cm³/mol. The van der Waals surface area contributed by atoms with E-state index in [0.717, 1.165) is 57.1 Å². The Balaban J connectivity index is -0.000000132. The van der Waals surface area contributed by atoms with E-state index in [-0.39, 0.29) is 21.7 Å². The van der Waals surface area contributed by atoms with Gasteiger partial charge in [-0.1, -0.05) is 61.8 Å². The minimum atomic E-state index is 0. The van der Waals surface area contributed by atoms with E-state index in [2.05, 4.69) is 33.1 Å². The van der Waals surface area contributed by atoms with Crippen LogP contribution in [0, 0.1) is 13.8 Å². The van der Waals surface area contributed by atoms with E-state index in [0.29, 0.717) is 0 Å². The molecule has 152 valence electrons. The van der Waals surface area contributed by atoms with Crippen LogP contribution in [-0.2, 0) is 28.1 Å². The van der Waals surface area contributed by atoms with Crippen molar-refractivity contribution in [2.45, 2.75) is 75.2 Å². The van der Waals surface area contributed by atoms with Crippen molar-refractivity contribution in [1.29, 1.82) is 0 Å². The average molecular weight is 401 g/mol. The minimum Gasteiger partial charge on any atom is -0.663 e. The van der Waals surface area contributed by atoms with Gasteiger partial charge in [0.25, 0.3) is 0 Å². The molecule has 26 heavy (non-hydrogen) atoms. The summed E-state index contributed by atoms with van der Waals surface area (Å²) < 4.78 is 0. The number of hydrogen-bond acceptors (Lipinski definition) is 1. The quantitative estimate of drug-likeness (QED) is 0.516. The first kappa shape index (κ1) is 33.4. The summed E-state index contributed by atoms with van der Waals surface area (Å²) in [7, 11) is 0. The van der Waals surface area contributed by atoms with E-state index in [9.17, 15) is 0 Å². The normalized spacial score (nSPS) is 8.81. The van der Waals surface area contributed by atoms with Gasteiger partial charge in [-0.05, 0) is 18.9 Å². The van der Waals surface area contributed by atoms with Gasteiger partial charge < -0.3 is 26.1 Å². The third kappa shape index (κ3) is 26.0. The summed E-state index contributed by atoms with van der Waals surface area (Å²) in [6.07, 6.45) is 2.29. The van der Waals surface area contributed by atoms with Gasteiger partial charge in [-0.3, -0.25) is 0 Å². The second kappa shape index (κ2) is 29.6. The molecule has 0 N–H and O–H groups in total. The molecule has 0 radical (unpaired) electrons. The molecule has 1 rings (SSSR count). The Labute approximate surface area is 179 Å². The molecule has 0 aliphatic rings. The summed E-state index contributed by atoms with van der Waals surface area (Å²) in [6.45, 7) is 24.3. The molecule has 1 heterocycles. The van der Waals surface area contributed by atoms with Gasteiger partial charge in [-0.2, -0.15) is 39.3 Å². The monoisotopic (exact) mass is 401 g/mol. The topological polar surface area (TPSA) is 69.3 Å². The number of nitrogens with zero attached hydrogens (tertiary/aromatic N) is 5. The van der Waals surface area contributed by atoms with E-state index in [1.807, 2.05) is 55.4 Å². The van der Waals surface area contributed by atoms with Crippen molar-refractivity contribution in [2.75, 3.05) is 39.3 Å². The van der Waals surface area contributed by atoms with Crippen LogP contribution in [0.4, 0.5) is 0 Å². The molecule has 0 fully saturated rings.